The number of hydrogen-bond donors (Lipinski definition) is 0. The molecule has 514 valence electrons. The van der Waals surface area contributed by atoms with Crippen molar-refractivity contribution in [3.05, 3.63) is 0 Å². The number of hydrogen-bond acceptors (Lipinski definition) is 26. The Morgan fingerprint density at radius 2 is 0.349 bits per heavy atom. The van der Waals surface area contributed by atoms with E-state index in [2.05, 4.69) is 27.7 Å². The Morgan fingerprint density at radius 1 is 0.209 bits per heavy atom. The molecule has 0 heterocycles. The van der Waals surface area contributed by atoms with Crippen LogP contribution in [0.3, 0.4) is 0 Å². The third kappa shape index (κ3) is 70.8. The predicted molar refractivity (Wildman–Crippen MR) is 318 cm³/mol. The number of rotatable bonds is 75. The summed E-state index contributed by atoms with van der Waals surface area (Å²) in [5.74, 6) is 0.765. The predicted octanol–water partition coefficient (Wildman–Crippen LogP) is 6.06. The minimum absolute atomic E-state index is 0.147. The second-order valence-electron chi connectivity index (χ2n) is 18.9. The van der Waals surface area contributed by atoms with Crippen LogP contribution in [0.4, 0.5) is 9.59 Å². The van der Waals surface area contributed by atoms with Gasteiger partial charge in [0.2, 0.25) is 0 Å². The Kier molecular flexibility index (Phi) is 73.2. The van der Waals surface area contributed by atoms with E-state index in [-0.39, 0.29) is 26.4 Å². The van der Waals surface area contributed by atoms with Gasteiger partial charge in [-0.2, -0.15) is 0 Å². The first-order valence-corrected chi connectivity index (χ1v) is 31.7. The third-order valence-electron chi connectivity index (χ3n) is 11.9. The topological polar surface area (TPSA) is 256 Å². The molecule has 0 aromatic rings. The highest BCUT2D eigenvalue weighted by molar-refractivity contribution is 5.60. The molecule has 0 fully saturated rings. The molecule has 0 amide bonds. The average Bonchev–Trinajstić information content (AvgIpc) is 3.52. The highest BCUT2D eigenvalue weighted by Gasteiger charge is 2.12. The third-order valence-corrected chi connectivity index (χ3v) is 11.9. The Morgan fingerprint density at radius 3 is 0.477 bits per heavy atom. The van der Waals surface area contributed by atoms with Crippen molar-refractivity contribution in [2.24, 2.45) is 11.8 Å². The fourth-order valence-corrected chi connectivity index (χ4v) is 6.90. The van der Waals surface area contributed by atoms with E-state index < -0.39 is 12.3 Å². The summed E-state index contributed by atoms with van der Waals surface area (Å²) in [5, 5.41) is 0. The van der Waals surface area contributed by atoms with Crippen molar-refractivity contribution in [2.45, 2.75) is 79.1 Å². The summed E-state index contributed by atoms with van der Waals surface area (Å²) >= 11 is 0. The molecule has 2 atom stereocenters. The molecule has 26 nitrogen and oxygen atoms in total. The van der Waals surface area contributed by atoms with Crippen LogP contribution in [0, 0.1) is 11.8 Å². The fraction of sp³-hybridized carbons (Fsp3) is 0.967. The smallest absolute Gasteiger partial charge is 0.434 e. The summed E-state index contributed by atoms with van der Waals surface area (Å²) < 4.78 is 131. The molecule has 0 radical (unpaired) electrons. The molecule has 0 rings (SSSR count). The second-order valence-corrected chi connectivity index (χ2v) is 18.9. The van der Waals surface area contributed by atoms with Gasteiger partial charge in [0.15, 0.2) is 0 Å². The van der Waals surface area contributed by atoms with Gasteiger partial charge in [0, 0.05) is 0 Å². The van der Waals surface area contributed by atoms with Gasteiger partial charge in [-0.05, 0) is 24.7 Å². The highest BCUT2D eigenvalue weighted by Crippen LogP contribution is 2.14. The fourth-order valence-electron chi connectivity index (χ4n) is 6.90. The Hall–Kier alpha value is -2.26. The summed E-state index contributed by atoms with van der Waals surface area (Å²) in [7, 11) is 0. The maximum absolute atomic E-state index is 11.7. The van der Waals surface area contributed by atoms with Crippen LogP contribution in [0.5, 0.6) is 0 Å². The monoisotopic (exact) mass is 1250 g/mol. The number of ether oxygens (including phenoxy) is 24. The van der Waals surface area contributed by atoms with Crippen LogP contribution in [0.15, 0.2) is 0 Å². The van der Waals surface area contributed by atoms with E-state index in [1.54, 1.807) is 0 Å². The van der Waals surface area contributed by atoms with Crippen LogP contribution in [-0.2, 0) is 114 Å². The second kappa shape index (κ2) is 75.2. The van der Waals surface area contributed by atoms with Gasteiger partial charge in [-0.3, -0.25) is 0 Å². The van der Waals surface area contributed by atoms with Crippen LogP contribution in [0.2, 0.25) is 0 Å². The van der Waals surface area contributed by atoms with Crippen LogP contribution in [0.25, 0.3) is 0 Å². The molecule has 0 aromatic carbocycles. The number of unbranched alkanes of at least 4 members (excludes halogenated alkanes) is 2. The van der Waals surface area contributed by atoms with Gasteiger partial charge in [-0.25, -0.2) is 9.59 Å². The molecule has 0 saturated heterocycles. The molecule has 0 N–H and O–H groups in total. The van der Waals surface area contributed by atoms with E-state index in [9.17, 15) is 9.59 Å². The highest BCUT2D eigenvalue weighted by atomic mass is 16.7. The zero-order chi connectivity index (χ0) is 62.0. The molecule has 0 aliphatic heterocycles. The quantitative estimate of drug-likeness (QED) is 0.0495. The Labute approximate surface area is 515 Å². The van der Waals surface area contributed by atoms with Gasteiger partial charge in [-0.15, -0.1) is 0 Å². The summed E-state index contributed by atoms with van der Waals surface area (Å²) in [6, 6.07) is 0. The maximum atomic E-state index is 11.7. The molecule has 0 aliphatic rings. The largest absolute Gasteiger partial charge is 0.508 e. The lowest BCUT2D eigenvalue weighted by Gasteiger charge is -2.14. The lowest BCUT2D eigenvalue weighted by Crippen LogP contribution is -2.17. The molecular formula is C60H118O26. The van der Waals surface area contributed by atoms with Gasteiger partial charge < -0.3 is 114 Å². The SMILES string of the molecule is CCCCC(CC)COC(=O)OCCOCCOCCOCCOCCOCCOCCOCCOCCOCCOCCOCCOCCOCCOCCOCCOCCOCCOCCOCCOCCOC(=O)OCC(CC)CCCC. The molecule has 0 aliphatic carbocycles. The Bertz CT molecular complexity index is 1210. The molecule has 2 unspecified atom stereocenters. The molecule has 0 saturated carbocycles. The van der Waals surface area contributed by atoms with E-state index >= 15 is 0 Å². The summed E-state index contributed by atoms with van der Waals surface area (Å²) in [6.45, 7) is 28.0. The van der Waals surface area contributed by atoms with Gasteiger partial charge in [-0.1, -0.05) is 66.2 Å². The molecule has 26 heteroatoms. The van der Waals surface area contributed by atoms with Gasteiger partial charge in [0.1, 0.15) is 13.2 Å². The molecule has 0 bridgehead atoms. The van der Waals surface area contributed by atoms with E-state index in [0.717, 1.165) is 51.4 Å². The first-order chi connectivity index (χ1) is 42.6. The van der Waals surface area contributed by atoms with Crippen LogP contribution in [0.1, 0.15) is 79.1 Å². The number of carbonyl (C=O) groups is 2. The van der Waals surface area contributed by atoms with E-state index in [0.29, 0.717) is 276 Å². The normalized spacial score (nSPS) is 12.3. The molecular weight excluding hydrogens is 1140 g/mol. The molecule has 0 spiro atoms. The van der Waals surface area contributed by atoms with E-state index in [1.165, 1.54) is 0 Å². The van der Waals surface area contributed by atoms with Crippen molar-refractivity contribution in [3.63, 3.8) is 0 Å². The van der Waals surface area contributed by atoms with Crippen molar-refractivity contribution in [2.75, 3.05) is 291 Å². The zero-order valence-corrected chi connectivity index (χ0v) is 53.5. The number of carbonyl (C=O) groups excluding carboxylic acids is 2. The lowest BCUT2D eigenvalue weighted by atomic mass is 10.0. The van der Waals surface area contributed by atoms with Crippen molar-refractivity contribution in [3.8, 4) is 0 Å². The van der Waals surface area contributed by atoms with Crippen molar-refractivity contribution in [1.29, 1.82) is 0 Å². The van der Waals surface area contributed by atoms with Crippen LogP contribution in [-0.4, -0.2) is 303 Å². The summed E-state index contributed by atoms with van der Waals surface area (Å²) in [5.41, 5.74) is 0. The van der Waals surface area contributed by atoms with Gasteiger partial charge in [0.05, 0.1) is 277 Å². The van der Waals surface area contributed by atoms with Crippen molar-refractivity contribution in [1.82, 2.24) is 0 Å². The van der Waals surface area contributed by atoms with Gasteiger partial charge >= 0.3 is 12.3 Å². The molecule has 86 heavy (non-hydrogen) atoms. The minimum Gasteiger partial charge on any atom is -0.434 e. The minimum atomic E-state index is -0.646. The van der Waals surface area contributed by atoms with E-state index in [4.69, 9.17) is 114 Å². The van der Waals surface area contributed by atoms with Crippen LogP contribution < -0.4 is 0 Å². The average molecular weight is 1260 g/mol. The standard InChI is InChI=1S/C60H118O26/c1-5-9-11-57(7-3)55-85-59(61)83-53-51-81-49-47-79-45-43-77-41-39-75-37-35-73-33-31-71-29-27-69-25-23-67-21-19-65-17-15-63-13-14-64-16-18-66-20-22-68-24-26-70-28-30-72-32-34-74-36-38-76-40-42-78-44-46-80-48-50-82-52-54-84-60(62)86-56-58(8-4)12-10-6-2/h57-58H,5-56H2,1-4H3. The molecule has 0 aromatic heterocycles. The first-order valence-electron chi connectivity index (χ1n) is 31.7. The summed E-state index contributed by atoms with van der Waals surface area (Å²) in [4.78, 5) is 23.4. The lowest BCUT2D eigenvalue weighted by molar-refractivity contribution is -0.0317. The zero-order valence-electron chi connectivity index (χ0n) is 53.5. The summed E-state index contributed by atoms with van der Waals surface area (Å²) in [6.07, 6.45) is 7.33. The maximum Gasteiger partial charge on any atom is 0.508 e. The van der Waals surface area contributed by atoms with Crippen molar-refractivity contribution >= 4 is 12.3 Å². The van der Waals surface area contributed by atoms with Gasteiger partial charge in [0.25, 0.3) is 0 Å². The van der Waals surface area contributed by atoms with Crippen LogP contribution >= 0.6 is 0 Å². The van der Waals surface area contributed by atoms with Crippen molar-refractivity contribution < 1.29 is 123 Å². The van der Waals surface area contributed by atoms with E-state index in [1.807, 2.05) is 0 Å². The first kappa shape index (κ1) is 83.7. The Balaban J connectivity index is 3.15.